The van der Waals surface area contributed by atoms with Gasteiger partial charge in [-0.2, -0.15) is 5.10 Å². The maximum atomic E-state index is 12.8. The number of rotatable bonds is 4. The Morgan fingerprint density at radius 2 is 1.96 bits per heavy atom. The van der Waals surface area contributed by atoms with Crippen LogP contribution in [-0.2, 0) is 13.0 Å². The van der Waals surface area contributed by atoms with Crippen LogP contribution < -0.4 is 4.90 Å². The van der Waals surface area contributed by atoms with Crippen LogP contribution in [0.25, 0.3) is 0 Å². The normalized spacial score (nSPS) is 14.6. The molecule has 1 aliphatic heterocycles. The van der Waals surface area contributed by atoms with Crippen molar-refractivity contribution in [3.8, 4) is 0 Å². The van der Waals surface area contributed by atoms with E-state index in [4.69, 9.17) is 0 Å². The van der Waals surface area contributed by atoms with Crippen molar-refractivity contribution < 1.29 is 4.79 Å². The first-order valence-corrected chi connectivity index (χ1v) is 9.03. The molecule has 4 rings (SSSR count). The third-order valence-electron chi connectivity index (χ3n) is 5.40. The Morgan fingerprint density at radius 1 is 1.15 bits per heavy atom. The van der Waals surface area contributed by atoms with Crippen LogP contribution in [0.5, 0.6) is 0 Å². The highest BCUT2D eigenvalue weighted by atomic mass is 16.2. The number of nitrogens with zero attached hydrogens (tertiary/aromatic N) is 2. The van der Waals surface area contributed by atoms with Crippen LogP contribution in [-0.4, -0.2) is 16.1 Å². The summed E-state index contributed by atoms with van der Waals surface area (Å²) in [4.78, 5) is 14.7. The van der Waals surface area contributed by atoms with Crippen LogP contribution in [0.4, 0.5) is 5.69 Å². The van der Waals surface area contributed by atoms with Gasteiger partial charge in [-0.3, -0.25) is 9.89 Å². The summed E-state index contributed by atoms with van der Waals surface area (Å²) < 4.78 is 0. The number of benzene rings is 2. The third kappa shape index (κ3) is 2.81. The lowest BCUT2D eigenvalue weighted by Crippen LogP contribution is -2.23. The van der Waals surface area contributed by atoms with E-state index in [2.05, 4.69) is 49.2 Å². The molecule has 0 saturated carbocycles. The molecule has 1 N–H and O–H groups in total. The zero-order chi connectivity index (χ0) is 18.3. The van der Waals surface area contributed by atoms with E-state index in [0.717, 1.165) is 23.2 Å². The number of nitrogens with one attached hydrogen (secondary N) is 1. The van der Waals surface area contributed by atoms with E-state index in [9.17, 15) is 4.79 Å². The van der Waals surface area contributed by atoms with Crippen LogP contribution in [0.1, 0.15) is 51.1 Å². The van der Waals surface area contributed by atoms with E-state index >= 15 is 0 Å². The molecule has 1 atom stereocenters. The van der Waals surface area contributed by atoms with Crippen LogP contribution in [0.3, 0.4) is 0 Å². The maximum absolute atomic E-state index is 12.8. The second-order valence-electron chi connectivity index (χ2n) is 7.22. The van der Waals surface area contributed by atoms with Gasteiger partial charge in [0.15, 0.2) is 0 Å². The van der Waals surface area contributed by atoms with Crippen LogP contribution in [0.2, 0.25) is 0 Å². The summed E-state index contributed by atoms with van der Waals surface area (Å²) in [5.41, 5.74) is 7.71. The highest BCUT2D eigenvalue weighted by Crippen LogP contribution is 2.32. The van der Waals surface area contributed by atoms with E-state index < -0.39 is 0 Å². The Bertz CT molecular complexity index is 973. The highest BCUT2D eigenvalue weighted by Gasteiger charge is 2.29. The number of hydrogen-bond acceptors (Lipinski definition) is 2. The molecule has 0 fully saturated rings. The second kappa shape index (κ2) is 6.45. The molecule has 4 nitrogen and oxygen atoms in total. The molecule has 1 amide bonds. The number of carbonyl (C=O) groups is 1. The predicted octanol–water partition coefficient (Wildman–Crippen LogP) is 4.53. The van der Waals surface area contributed by atoms with Crippen molar-refractivity contribution in [1.29, 1.82) is 0 Å². The molecule has 0 radical (unpaired) electrons. The summed E-state index contributed by atoms with van der Waals surface area (Å²) in [6.07, 6.45) is 2.77. The molecule has 2 aromatic carbocycles. The number of H-pyrrole nitrogens is 1. The molecule has 3 aromatic rings. The number of hydrogen-bond donors (Lipinski definition) is 1. The van der Waals surface area contributed by atoms with E-state index in [1.54, 1.807) is 0 Å². The van der Waals surface area contributed by atoms with Crippen LogP contribution >= 0.6 is 0 Å². The number of anilines is 1. The van der Waals surface area contributed by atoms with Crippen molar-refractivity contribution in [3.05, 3.63) is 82.2 Å². The van der Waals surface area contributed by atoms with Gasteiger partial charge in [0.1, 0.15) is 0 Å². The van der Waals surface area contributed by atoms with Crippen molar-refractivity contribution in [2.75, 3.05) is 4.90 Å². The minimum atomic E-state index is 0.0953. The molecule has 2 heterocycles. The van der Waals surface area contributed by atoms with Crippen molar-refractivity contribution in [2.45, 2.75) is 39.7 Å². The zero-order valence-corrected chi connectivity index (χ0v) is 15.4. The molecule has 0 aliphatic carbocycles. The number of amides is 1. The van der Waals surface area contributed by atoms with Crippen LogP contribution in [0.15, 0.2) is 48.7 Å². The summed E-state index contributed by atoms with van der Waals surface area (Å²) >= 11 is 0. The van der Waals surface area contributed by atoms with Crippen LogP contribution in [0, 0.1) is 13.8 Å². The van der Waals surface area contributed by atoms with E-state index in [1.807, 2.05) is 35.4 Å². The zero-order valence-electron chi connectivity index (χ0n) is 15.4. The van der Waals surface area contributed by atoms with Gasteiger partial charge >= 0.3 is 0 Å². The first-order chi connectivity index (χ1) is 12.5. The van der Waals surface area contributed by atoms with Gasteiger partial charge < -0.3 is 4.90 Å². The van der Waals surface area contributed by atoms with Crippen molar-refractivity contribution >= 4 is 11.6 Å². The Hall–Kier alpha value is -2.88. The number of fused-ring (bicyclic) bond motifs is 1. The lowest BCUT2D eigenvalue weighted by Gasteiger charge is -2.19. The van der Waals surface area contributed by atoms with Gasteiger partial charge in [-0.25, -0.2) is 0 Å². The number of aryl methyl sites for hydroxylation is 2. The maximum Gasteiger partial charge on any atom is 0.258 e. The lowest BCUT2D eigenvalue weighted by atomic mass is 9.94. The van der Waals surface area contributed by atoms with Gasteiger partial charge in [0.25, 0.3) is 5.91 Å². The molecule has 0 unspecified atom stereocenters. The Labute approximate surface area is 153 Å². The monoisotopic (exact) mass is 345 g/mol. The molecule has 4 heteroatoms. The van der Waals surface area contributed by atoms with Gasteiger partial charge in [-0.05, 0) is 66.6 Å². The average Bonchev–Trinajstić information content (AvgIpc) is 3.20. The molecular weight excluding hydrogens is 322 g/mol. The summed E-state index contributed by atoms with van der Waals surface area (Å²) in [7, 11) is 0. The molecule has 26 heavy (non-hydrogen) atoms. The smallest absolute Gasteiger partial charge is 0.258 e. The first-order valence-electron chi connectivity index (χ1n) is 9.03. The standard InChI is InChI=1S/C22H23N3O/c1-14-6-4-9-19-20(14)13-25(22(19)26)18-8-5-7-17(11-18)15(2)10-21-16(3)12-23-24-21/h4-9,11-12,15H,10,13H2,1-3H3,(H,23,24)/t15-/m1/s1. The third-order valence-corrected chi connectivity index (χ3v) is 5.40. The quantitative estimate of drug-likeness (QED) is 0.755. The Kier molecular flexibility index (Phi) is 4.11. The fourth-order valence-electron chi connectivity index (χ4n) is 3.70. The Balaban J connectivity index is 1.60. The van der Waals surface area contributed by atoms with Gasteiger partial charge in [-0.1, -0.05) is 31.2 Å². The molecule has 0 bridgehead atoms. The van der Waals surface area contributed by atoms with Crippen molar-refractivity contribution in [3.63, 3.8) is 0 Å². The Morgan fingerprint density at radius 3 is 2.69 bits per heavy atom. The van der Waals surface area contributed by atoms with E-state index in [1.165, 1.54) is 22.4 Å². The molecule has 1 aromatic heterocycles. The molecule has 0 saturated heterocycles. The molecule has 1 aliphatic rings. The molecule has 0 spiro atoms. The van der Waals surface area contributed by atoms with Gasteiger partial charge in [0, 0.05) is 16.9 Å². The van der Waals surface area contributed by atoms with Crippen molar-refractivity contribution in [2.24, 2.45) is 0 Å². The molecule has 132 valence electrons. The van der Waals surface area contributed by atoms with Gasteiger partial charge in [-0.15, -0.1) is 0 Å². The SMILES string of the molecule is Cc1cn[nH]c1C[C@@H](C)c1cccc(N2Cc3c(C)cccc3C2=O)c1. The number of aromatic nitrogens is 2. The van der Waals surface area contributed by atoms with Gasteiger partial charge in [0.05, 0.1) is 12.7 Å². The largest absolute Gasteiger partial charge is 0.304 e. The van der Waals surface area contributed by atoms with Gasteiger partial charge in [0.2, 0.25) is 0 Å². The van der Waals surface area contributed by atoms with E-state index in [0.29, 0.717) is 12.5 Å². The summed E-state index contributed by atoms with van der Waals surface area (Å²) in [5, 5.41) is 7.20. The topological polar surface area (TPSA) is 49.0 Å². The average molecular weight is 345 g/mol. The highest BCUT2D eigenvalue weighted by molar-refractivity contribution is 6.10. The number of carbonyl (C=O) groups excluding carboxylic acids is 1. The number of aromatic amines is 1. The van der Waals surface area contributed by atoms with Crippen molar-refractivity contribution in [1.82, 2.24) is 10.2 Å². The minimum absolute atomic E-state index is 0.0953. The lowest BCUT2D eigenvalue weighted by molar-refractivity contribution is 0.0996. The summed E-state index contributed by atoms with van der Waals surface area (Å²) in [5.74, 6) is 0.439. The predicted molar refractivity (Wildman–Crippen MR) is 104 cm³/mol. The first kappa shape index (κ1) is 16.6. The second-order valence-corrected chi connectivity index (χ2v) is 7.22. The summed E-state index contributed by atoms with van der Waals surface area (Å²) in [6, 6.07) is 14.3. The fourth-order valence-corrected chi connectivity index (χ4v) is 3.70. The fraction of sp³-hybridized carbons (Fsp3) is 0.273. The minimum Gasteiger partial charge on any atom is -0.304 e. The van der Waals surface area contributed by atoms with E-state index in [-0.39, 0.29) is 5.91 Å². The summed E-state index contributed by atoms with van der Waals surface area (Å²) in [6.45, 7) is 7.01. The molecular formula is C22H23N3O.